The Morgan fingerprint density at radius 3 is 2.56 bits per heavy atom. The molecule has 3 N–H and O–H groups in total. The van der Waals surface area contributed by atoms with Crippen LogP contribution in [0.2, 0.25) is 0 Å². The van der Waals surface area contributed by atoms with Gasteiger partial charge >= 0.3 is 0 Å². The SMILES string of the molecule is C#CC(NN)C1CC1C. The molecule has 0 aliphatic heterocycles. The van der Waals surface area contributed by atoms with E-state index < -0.39 is 0 Å². The minimum atomic E-state index is 0.0972. The van der Waals surface area contributed by atoms with E-state index in [0.29, 0.717) is 5.92 Å². The maximum absolute atomic E-state index is 5.19. The molecular weight excluding hydrogens is 112 g/mol. The Balaban J connectivity index is 2.34. The lowest BCUT2D eigenvalue weighted by molar-refractivity contribution is 0.550. The predicted octanol–water partition coefficient (Wildman–Crippen LogP) is 0.107. The summed E-state index contributed by atoms with van der Waals surface area (Å²) in [7, 11) is 0. The average Bonchev–Trinajstić information content (AvgIpc) is 2.51. The Morgan fingerprint density at radius 2 is 2.44 bits per heavy atom. The summed E-state index contributed by atoms with van der Waals surface area (Å²) in [6.07, 6.45) is 6.42. The summed E-state index contributed by atoms with van der Waals surface area (Å²) in [5.74, 6) is 9.19. The first-order chi connectivity index (χ1) is 4.29. The lowest BCUT2D eigenvalue weighted by atomic mass is 10.2. The molecule has 0 radical (unpaired) electrons. The number of terminal acetylenes is 1. The zero-order chi connectivity index (χ0) is 6.85. The maximum atomic E-state index is 5.19. The van der Waals surface area contributed by atoms with Gasteiger partial charge in [0.1, 0.15) is 0 Å². The van der Waals surface area contributed by atoms with Crippen LogP contribution in [0.25, 0.3) is 0 Å². The van der Waals surface area contributed by atoms with Gasteiger partial charge in [0.25, 0.3) is 0 Å². The summed E-state index contributed by atoms with van der Waals surface area (Å²) in [4.78, 5) is 0. The molecule has 1 rings (SSSR count). The van der Waals surface area contributed by atoms with Crippen molar-refractivity contribution in [3.8, 4) is 12.3 Å². The molecule has 1 fully saturated rings. The summed E-state index contributed by atoms with van der Waals surface area (Å²) < 4.78 is 0. The van der Waals surface area contributed by atoms with Gasteiger partial charge in [-0.2, -0.15) is 0 Å². The van der Waals surface area contributed by atoms with E-state index in [1.807, 2.05) is 0 Å². The van der Waals surface area contributed by atoms with Crippen LogP contribution in [0, 0.1) is 24.2 Å². The van der Waals surface area contributed by atoms with Crippen molar-refractivity contribution in [2.75, 3.05) is 0 Å². The molecule has 50 valence electrons. The second-order valence-corrected chi connectivity index (χ2v) is 2.69. The first-order valence-electron chi connectivity index (χ1n) is 3.22. The topological polar surface area (TPSA) is 38.0 Å². The van der Waals surface area contributed by atoms with Gasteiger partial charge in [0.05, 0.1) is 6.04 Å². The van der Waals surface area contributed by atoms with Crippen molar-refractivity contribution >= 4 is 0 Å². The molecule has 2 heteroatoms. The van der Waals surface area contributed by atoms with Crippen molar-refractivity contribution in [1.82, 2.24) is 5.43 Å². The number of nitrogens with one attached hydrogen (secondary N) is 1. The molecule has 0 aromatic rings. The third-order valence-corrected chi connectivity index (χ3v) is 1.96. The highest BCUT2D eigenvalue weighted by atomic mass is 15.2. The fourth-order valence-corrected chi connectivity index (χ4v) is 1.11. The van der Waals surface area contributed by atoms with Gasteiger partial charge in [-0.1, -0.05) is 12.8 Å². The van der Waals surface area contributed by atoms with Gasteiger partial charge in [-0.25, -0.2) is 5.43 Å². The van der Waals surface area contributed by atoms with Crippen molar-refractivity contribution in [3.05, 3.63) is 0 Å². The first kappa shape index (κ1) is 6.60. The molecule has 2 nitrogen and oxygen atoms in total. The van der Waals surface area contributed by atoms with E-state index in [1.165, 1.54) is 6.42 Å². The van der Waals surface area contributed by atoms with Crippen LogP contribution >= 0.6 is 0 Å². The van der Waals surface area contributed by atoms with Gasteiger partial charge in [-0.3, -0.25) is 5.84 Å². The smallest absolute Gasteiger partial charge is 0.0845 e. The van der Waals surface area contributed by atoms with E-state index in [2.05, 4.69) is 18.3 Å². The van der Waals surface area contributed by atoms with Gasteiger partial charge in [0, 0.05) is 0 Å². The zero-order valence-electron chi connectivity index (χ0n) is 5.59. The molecule has 0 bridgehead atoms. The normalized spacial score (nSPS) is 35.2. The second-order valence-electron chi connectivity index (χ2n) is 2.69. The summed E-state index contributed by atoms with van der Waals surface area (Å²) in [6, 6.07) is 0.0972. The molecule has 1 saturated carbocycles. The monoisotopic (exact) mass is 124 g/mol. The van der Waals surface area contributed by atoms with Crippen LogP contribution in [0.1, 0.15) is 13.3 Å². The van der Waals surface area contributed by atoms with E-state index in [1.54, 1.807) is 0 Å². The van der Waals surface area contributed by atoms with Crippen LogP contribution in [-0.2, 0) is 0 Å². The maximum Gasteiger partial charge on any atom is 0.0845 e. The molecule has 0 spiro atoms. The van der Waals surface area contributed by atoms with Crippen LogP contribution in [0.15, 0.2) is 0 Å². The molecule has 0 aromatic heterocycles. The lowest BCUT2D eigenvalue weighted by Gasteiger charge is -2.05. The zero-order valence-corrected chi connectivity index (χ0v) is 5.59. The predicted molar refractivity (Wildman–Crippen MR) is 37.2 cm³/mol. The Labute approximate surface area is 55.8 Å². The van der Waals surface area contributed by atoms with E-state index in [-0.39, 0.29) is 6.04 Å². The van der Waals surface area contributed by atoms with Crippen LogP contribution < -0.4 is 11.3 Å². The molecule has 3 atom stereocenters. The summed E-state index contributed by atoms with van der Waals surface area (Å²) in [5, 5.41) is 0. The first-order valence-corrected chi connectivity index (χ1v) is 3.22. The van der Waals surface area contributed by atoms with Crippen LogP contribution in [0.4, 0.5) is 0 Å². The van der Waals surface area contributed by atoms with E-state index in [0.717, 1.165) is 5.92 Å². The van der Waals surface area contributed by atoms with Crippen LogP contribution in [-0.4, -0.2) is 6.04 Å². The molecule has 0 amide bonds. The quantitative estimate of drug-likeness (QED) is 0.311. The lowest BCUT2D eigenvalue weighted by Crippen LogP contribution is -2.35. The van der Waals surface area contributed by atoms with Crippen molar-refractivity contribution in [2.24, 2.45) is 17.7 Å². The number of rotatable bonds is 2. The van der Waals surface area contributed by atoms with Crippen molar-refractivity contribution in [1.29, 1.82) is 0 Å². The highest BCUT2D eigenvalue weighted by Gasteiger charge is 2.38. The number of hydrazine groups is 1. The van der Waals surface area contributed by atoms with E-state index in [9.17, 15) is 0 Å². The van der Waals surface area contributed by atoms with Crippen molar-refractivity contribution in [2.45, 2.75) is 19.4 Å². The second kappa shape index (κ2) is 2.38. The minimum Gasteiger partial charge on any atom is -0.270 e. The highest BCUT2D eigenvalue weighted by molar-refractivity contribution is 5.07. The van der Waals surface area contributed by atoms with Gasteiger partial charge in [-0.05, 0) is 18.3 Å². The molecule has 3 unspecified atom stereocenters. The third kappa shape index (κ3) is 1.24. The number of nitrogens with two attached hydrogens (primary N) is 1. The Hall–Kier alpha value is -0.520. The fraction of sp³-hybridized carbons (Fsp3) is 0.714. The summed E-state index contributed by atoms with van der Waals surface area (Å²) in [6.45, 7) is 2.19. The van der Waals surface area contributed by atoms with E-state index in [4.69, 9.17) is 12.3 Å². The summed E-state index contributed by atoms with van der Waals surface area (Å²) >= 11 is 0. The highest BCUT2D eigenvalue weighted by Crippen LogP contribution is 2.39. The summed E-state index contributed by atoms with van der Waals surface area (Å²) in [5.41, 5.74) is 2.61. The molecule has 0 aromatic carbocycles. The standard InChI is InChI=1S/C7H12N2/c1-3-7(9-8)6-4-5(6)2/h1,5-7,9H,4,8H2,2H3. The molecule has 0 heterocycles. The molecule has 1 aliphatic carbocycles. The van der Waals surface area contributed by atoms with Gasteiger partial charge < -0.3 is 0 Å². The Bertz CT molecular complexity index is 136. The Kier molecular flexibility index (Phi) is 1.75. The Morgan fingerprint density at radius 1 is 1.89 bits per heavy atom. The van der Waals surface area contributed by atoms with Gasteiger partial charge in [0.15, 0.2) is 0 Å². The van der Waals surface area contributed by atoms with E-state index >= 15 is 0 Å². The third-order valence-electron chi connectivity index (χ3n) is 1.96. The minimum absolute atomic E-state index is 0.0972. The van der Waals surface area contributed by atoms with Crippen LogP contribution in [0.3, 0.4) is 0 Å². The molecular formula is C7H12N2. The number of hydrogen-bond acceptors (Lipinski definition) is 2. The molecule has 0 saturated heterocycles. The van der Waals surface area contributed by atoms with Crippen LogP contribution in [0.5, 0.6) is 0 Å². The number of hydrogen-bond donors (Lipinski definition) is 2. The van der Waals surface area contributed by atoms with Crippen molar-refractivity contribution < 1.29 is 0 Å². The largest absolute Gasteiger partial charge is 0.270 e. The average molecular weight is 124 g/mol. The molecule has 9 heavy (non-hydrogen) atoms. The van der Waals surface area contributed by atoms with Gasteiger partial charge in [0.2, 0.25) is 0 Å². The molecule has 1 aliphatic rings. The van der Waals surface area contributed by atoms with Crippen molar-refractivity contribution in [3.63, 3.8) is 0 Å². The fourth-order valence-electron chi connectivity index (χ4n) is 1.11. The van der Waals surface area contributed by atoms with Gasteiger partial charge in [-0.15, -0.1) is 6.42 Å².